The minimum Gasteiger partial charge on any atom is -0.350 e. The summed E-state index contributed by atoms with van der Waals surface area (Å²) in [6, 6.07) is 2.43. The number of hydrogen-bond acceptors (Lipinski definition) is 4. The van der Waals surface area contributed by atoms with Crippen LogP contribution in [0.5, 0.6) is 0 Å². The zero-order valence-electron chi connectivity index (χ0n) is 18.3. The summed E-state index contributed by atoms with van der Waals surface area (Å²) in [5.74, 6) is -1.08. The molecule has 168 valence electrons. The molecule has 0 unspecified atom stereocenters. The maximum Gasteiger partial charge on any atom is 0.257 e. The van der Waals surface area contributed by atoms with Crippen molar-refractivity contribution in [3.05, 3.63) is 34.9 Å². The van der Waals surface area contributed by atoms with Gasteiger partial charge in [0.1, 0.15) is 17.2 Å². The Morgan fingerprint density at radius 3 is 2.23 bits per heavy atom. The molecule has 0 atom stereocenters. The lowest BCUT2D eigenvalue weighted by atomic mass is 9.87. The van der Waals surface area contributed by atoms with Crippen molar-refractivity contribution in [3.63, 3.8) is 0 Å². The molecule has 3 rings (SSSR count). The van der Waals surface area contributed by atoms with Gasteiger partial charge in [0.25, 0.3) is 5.91 Å². The maximum absolute atomic E-state index is 14.3. The van der Waals surface area contributed by atoms with E-state index in [0.29, 0.717) is 12.1 Å². The van der Waals surface area contributed by atoms with Gasteiger partial charge in [-0.2, -0.15) is 0 Å². The highest BCUT2D eigenvalue weighted by molar-refractivity contribution is 7.97. The largest absolute Gasteiger partial charge is 0.350 e. The highest BCUT2D eigenvalue weighted by atomic mass is 32.2. The molecule has 7 heteroatoms. The van der Waals surface area contributed by atoms with Gasteiger partial charge >= 0.3 is 0 Å². The summed E-state index contributed by atoms with van der Waals surface area (Å²) in [4.78, 5) is 15.2. The van der Waals surface area contributed by atoms with Gasteiger partial charge < -0.3 is 5.32 Å². The molecule has 0 bridgehead atoms. The first kappa shape index (κ1) is 23.5. The number of rotatable bonds is 7. The molecule has 1 saturated heterocycles. The van der Waals surface area contributed by atoms with E-state index in [1.807, 2.05) is 11.9 Å². The monoisotopic (exact) mass is 439 g/mol. The number of amides is 1. The number of aryl methyl sites for hydroxylation is 1. The lowest BCUT2D eigenvalue weighted by molar-refractivity contribution is 0.0409. The van der Waals surface area contributed by atoms with Crippen LogP contribution in [0.15, 0.2) is 12.1 Å². The second-order valence-corrected chi connectivity index (χ2v) is 9.86. The van der Waals surface area contributed by atoms with E-state index in [0.717, 1.165) is 57.6 Å². The Balaban J connectivity index is 1.69. The second kappa shape index (κ2) is 10.9. The van der Waals surface area contributed by atoms with Crippen molar-refractivity contribution in [2.24, 2.45) is 0 Å². The SMILES string of the molecule is CCCSN1CCN(C2(CNC(=O)c3c(F)cc(C)cc3F)CCCCCC2)CC1. The molecule has 30 heavy (non-hydrogen) atoms. The van der Waals surface area contributed by atoms with Crippen LogP contribution in [-0.4, -0.2) is 59.1 Å². The summed E-state index contributed by atoms with van der Waals surface area (Å²) in [7, 11) is 0. The van der Waals surface area contributed by atoms with Crippen LogP contribution in [0.25, 0.3) is 0 Å². The normalized spacial score (nSPS) is 20.7. The molecule has 0 radical (unpaired) electrons. The van der Waals surface area contributed by atoms with Crippen molar-refractivity contribution in [1.29, 1.82) is 0 Å². The van der Waals surface area contributed by atoms with Crippen LogP contribution in [0, 0.1) is 18.6 Å². The first-order valence-electron chi connectivity index (χ1n) is 11.3. The highest BCUT2D eigenvalue weighted by Crippen LogP contribution is 2.34. The average molecular weight is 440 g/mol. The van der Waals surface area contributed by atoms with Crippen LogP contribution in [0.3, 0.4) is 0 Å². The smallest absolute Gasteiger partial charge is 0.257 e. The van der Waals surface area contributed by atoms with Crippen LogP contribution in [0.4, 0.5) is 8.78 Å². The number of hydrogen-bond donors (Lipinski definition) is 1. The predicted molar refractivity (Wildman–Crippen MR) is 120 cm³/mol. The molecule has 1 aliphatic heterocycles. The number of halogens is 2. The standard InChI is InChI=1S/C23H35F2N3OS/c1-3-14-30-28-12-10-27(11-13-28)23(8-6-4-5-7-9-23)17-26-22(29)21-19(24)15-18(2)16-20(21)25/h15-16H,3-14,17H2,1-2H3,(H,26,29). The molecular formula is C23H35F2N3OS. The van der Waals surface area contributed by atoms with Crippen LogP contribution in [0.2, 0.25) is 0 Å². The third-order valence-corrected chi connectivity index (χ3v) is 7.73. The first-order valence-corrected chi connectivity index (χ1v) is 12.3. The van der Waals surface area contributed by atoms with Crippen molar-refractivity contribution < 1.29 is 13.6 Å². The van der Waals surface area contributed by atoms with Crippen molar-refractivity contribution in [2.75, 3.05) is 38.5 Å². The van der Waals surface area contributed by atoms with Gasteiger partial charge in [0.05, 0.1) is 0 Å². The van der Waals surface area contributed by atoms with Gasteiger partial charge in [-0.3, -0.25) is 9.69 Å². The minimum atomic E-state index is -0.790. The van der Waals surface area contributed by atoms with Crippen LogP contribution in [-0.2, 0) is 0 Å². The topological polar surface area (TPSA) is 35.6 Å². The zero-order chi connectivity index (χ0) is 21.6. The van der Waals surface area contributed by atoms with Crippen molar-refractivity contribution in [1.82, 2.24) is 14.5 Å². The summed E-state index contributed by atoms with van der Waals surface area (Å²) < 4.78 is 31.0. The molecule has 0 spiro atoms. The van der Waals surface area contributed by atoms with Gasteiger partial charge in [-0.05, 0) is 43.9 Å². The van der Waals surface area contributed by atoms with Gasteiger partial charge in [-0.1, -0.05) is 44.6 Å². The Morgan fingerprint density at radius 1 is 1.07 bits per heavy atom. The van der Waals surface area contributed by atoms with E-state index < -0.39 is 23.1 Å². The van der Waals surface area contributed by atoms with E-state index in [-0.39, 0.29) is 5.54 Å². The quantitative estimate of drug-likeness (QED) is 0.490. The molecule has 2 aliphatic rings. The Labute approximate surface area is 183 Å². The molecule has 2 fully saturated rings. The molecule has 1 N–H and O–H groups in total. The first-order chi connectivity index (χ1) is 14.4. The fourth-order valence-corrected chi connectivity index (χ4v) is 5.62. The van der Waals surface area contributed by atoms with Gasteiger partial charge in [-0.25, -0.2) is 13.1 Å². The van der Waals surface area contributed by atoms with Crippen molar-refractivity contribution in [3.8, 4) is 0 Å². The Kier molecular flexibility index (Phi) is 8.54. The summed E-state index contributed by atoms with van der Waals surface area (Å²) in [5, 5.41) is 2.90. The van der Waals surface area contributed by atoms with Gasteiger partial charge in [0, 0.05) is 44.0 Å². The van der Waals surface area contributed by atoms with E-state index in [2.05, 4.69) is 21.4 Å². The lowest BCUT2D eigenvalue weighted by Crippen LogP contribution is -2.60. The predicted octanol–water partition coefficient (Wildman–Crippen LogP) is 4.77. The van der Waals surface area contributed by atoms with Crippen molar-refractivity contribution in [2.45, 2.75) is 64.3 Å². The molecule has 1 amide bonds. The third-order valence-electron chi connectivity index (χ3n) is 6.41. The molecule has 1 aliphatic carbocycles. The highest BCUT2D eigenvalue weighted by Gasteiger charge is 2.39. The Hall–Kier alpha value is -1.18. The number of benzene rings is 1. The lowest BCUT2D eigenvalue weighted by Gasteiger charge is -2.47. The number of carbonyl (C=O) groups excluding carboxylic acids is 1. The van der Waals surface area contributed by atoms with Crippen molar-refractivity contribution >= 4 is 17.9 Å². The van der Waals surface area contributed by atoms with Gasteiger partial charge in [-0.15, -0.1) is 0 Å². The average Bonchev–Trinajstić information content (AvgIpc) is 2.97. The van der Waals surface area contributed by atoms with Crippen LogP contribution in [0.1, 0.15) is 67.8 Å². The second-order valence-electron chi connectivity index (χ2n) is 8.67. The number of piperazine rings is 1. The number of nitrogens with zero attached hydrogens (tertiary/aromatic N) is 2. The molecular weight excluding hydrogens is 404 g/mol. The fraction of sp³-hybridized carbons (Fsp3) is 0.696. The van der Waals surface area contributed by atoms with E-state index in [1.54, 1.807) is 6.92 Å². The Bertz CT molecular complexity index is 691. The fourth-order valence-electron chi connectivity index (χ4n) is 4.75. The molecule has 1 heterocycles. The van der Waals surface area contributed by atoms with E-state index in [4.69, 9.17) is 0 Å². The maximum atomic E-state index is 14.3. The number of nitrogens with one attached hydrogen (secondary N) is 1. The molecule has 1 saturated carbocycles. The third kappa shape index (κ3) is 5.74. The zero-order valence-corrected chi connectivity index (χ0v) is 19.1. The summed E-state index contributed by atoms with van der Waals surface area (Å²) in [6.07, 6.45) is 7.91. The van der Waals surface area contributed by atoms with Gasteiger partial charge in [0.2, 0.25) is 0 Å². The molecule has 0 aromatic heterocycles. The van der Waals surface area contributed by atoms with Gasteiger partial charge in [0.15, 0.2) is 0 Å². The summed E-state index contributed by atoms with van der Waals surface area (Å²) in [6.45, 7) is 8.24. The Morgan fingerprint density at radius 2 is 1.67 bits per heavy atom. The molecule has 4 nitrogen and oxygen atoms in total. The summed E-state index contributed by atoms with van der Waals surface area (Å²) >= 11 is 1.92. The van der Waals surface area contributed by atoms with Crippen LogP contribution < -0.4 is 5.32 Å². The van der Waals surface area contributed by atoms with Crippen LogP contribution >= 0.6 is 11.9 Å². The number of carbonyl (C=O) groups is 1. The minimum absolute atomic E-state index is 0.120. The van der Waals surface area contributed by atoms with E-state index >= 15 is 0 Å². The van der Waals surface area contributed by atoms with E-state index in [1.165, 1.54) is 31.4 Å². The molecule has 1 aromatic rings. The van der Waals surface area contributed by atoms with E-state index in [9.17, 15) is 13.6 Å². The molecule has 1 aromatic carbocycles. The summed E-state index contributed by atoms with van der Waals surface area (Å²) in [5.41, 5.74) is -0.114.